The number of halogens is 2. The summed E-state index contributed by atoms with van der Waals surface area (Å²) in [6.07, 6.45) is 0. The molecule has 11 heteroatoms. The number of carbonyl (C=O) groups is 2. The lowest BCUT2D eigenvalue weighted by Crippen LogP contribution is -2.49. The molecule has 0 radical (unpaired) electrons. The molecule has 0 aliphatic carbocycles. The molecule has 0 unspecified atom stereocenters. The van der Waals surface area contributed by atoms with E-state index in [1.54, 1.807) is 42.5 Å². The van der Waals surface area contributed by atoms with Gasteiger partial charge in [-0.3, -0.25) is 25.8 Å². The highest BCUT2D eigenvalue weighted by molar-refractivity contribution is 9.10. The molecule has 0 aliphatic heterocycles. The van der Waals surface area contributed by atoms with Gasteiger partial charge in [0.05, 0.1) is 4.47 Å². The van der Waals surface area contributed by atoms with Crippen molar-refractivity contribution in [1.82, 2.24) is 16.2 Å². The molecule has 182 valence electrons. The molecule has 0 spiro atoms. The fourth-order valence-electron chi connectivity index (χ4n) is 2.67. The molecule has 0 saturated carbocycles. The average molecular weight is 579 g/mol. The lowest BCUT2D eigenvalue weighted by molar-refractivity contribution is -0.123. The van der Waals surface area contributed by atoms with Crippen LogP contribution in [0.4, 0.5) is 0 Å². The fraction of sp³-hybridized carbons (Fsp3) is 0.125. The van der Waals surface area contributed by atoms with Crippen molar-refractivity contribution in [3.05, 3.63) is 87.9 Å². The summed E-state index contributed by atoms with van der Waals surface area (Å²) < 4.78 is 17.2. The third-order valence-electron chi connectivity index (χ3n) is 4.26. The van der Waals surface area contributed by atoms with Gasteiger partial charge in [-0.25, -0.2) is 0 Å². The summed E-state index contributed by atoms with van der Waals surface area (Å²) in [7, 11) is 0. The Morgan fingerprint density at radius 3 is 2.31 bits per heavy atom. The molecular formula is C24H21BrClN3O5S. The van der Waals surface area contributed by atoms with Gasteiger partial charge in [-0.15, -0.1) is 0 Å². The molecule has 3 rings (SSSR count). The van der Waals surface area contributed by atoms with Crippen molar-refractivity contribution in [2.75, 3.05) is 19.8 Å². The molecule has 3 N–H and O–H groups in total. The molecule has 0 aromatic heterocycles. The number of thiocarbonyl (C=S) groups is 1. The Labute approximate surface area is 221 Å². The van der Waals surface area contributed by atoms with Crippen molar-refractivity contribution < 1.29 is 23.8 Å². The van der Waals surface area contributed by atoms with E-state index in [-0.39, 0.29) is 11.7 Å². The fourth-order valence-corrected chi connectivity index (χ4v) is 3.61. The van der Waals surface area contributed by atoms with E-state index in [9.17, 15) is 9.59 Å². The molecule has 3 aromatic rings. The molecule has 0 bridgehead atoms. The largest absolute Gasteiger partial charge is 0.490 e. The first-order valence-corrected chi connectivity index (χ1v) is 11.9. The molecular weight excluding hydrogens is 558 g/mol. The number of nitrogens with one attached hydrogen (secondary N) is 3. The first-order chi connectivity index (χ1) is 16.9. The van der Waals surface area contributed by atoms with E-state index in [4.69, 9.17) is 38.0 Å². The molecule has 35 heavy (non-hydrogen) atoms. The maximum Gasteiger partial charge on any atom is 0.276 e. The third-order valence-corrected chi connectivity index (χ3v) is 5.31. The van der Waals surface area contributed by atoms with Crippen molar-refractivity contribution in [2.45, 2.75) is 0 Å². The summed E-state index contributed by atoms with van der Waals surface area (Å²) >= 11 is 14.2. The summed E-state index contributed by atoms with van der Waals surface area (Å²) in [6.45, 7) is 0.380. The van der Waals surface area contributed by atoms with Crippen LogP contribution in [0.15, 0.2) is 77.3 Å². The van der Waals surface area contributed by atoms with E-state index in [1.807, 2.05) is 30.3 Å². The summed E-state index contributed by atoms with van der Waals surface area (Å²) in [5.41, 5.74) is 5.14. The van der Waals surface area contributed by atoms with Gasteiger partial charge in [-0.2, -0.15) is 0 Å². The van der Waals surface area contributed by atoms with Crippen molar-refractivity contribution in [2.24, 2.45) is 0 Å². The van der Waals surface area contributed by atoms with Gasteiger partial charge in [0, 0.05) is 10.6 Å². The Bertz CT molecular complexity index is 1180. The Morgan fingerprint density at radius 2 is 1.57 bits per heavy atom. The Hall–Kier alpha value is -3.34. The highest BCUT2D eigenvalue weighted by Crippen LogP contribution is 2.27. The number of hydrogen-bond acceptors (Lipinski definition) is 6. The van der Waals surface area contributed by atoms with Gasteiger partial charge in [0.15, 0.2) is 11.7 Å². The van der Waals surface area contributed by atoms with Crippen LogP contribution in [0.5, 0.6) is 17.2 Å². The first kappa shape index (κ1) is 26.3. The van der Waals surface area contributed by atoms with Gasteiger partial charge >= 0.3 is 0 Å². The summed E-state index contributed by atoms with van der Waals surface area (Å²) in [4.78, 5) is 24.4. The van der Waals surface area contributed by atoms with Crippen molar-refractivity contribution in [3.63, 3.8) is 0 Å². The average Bonchev–Trinajstić information content (AvgIpc) is 2.85. The highest BCUT2D eigenvalue weighted by atomic mass is 79.9. The predicted octanol–water partition coefficient (Wildman–Crippen LogP) is 4.27. The summed E-state index contributed by atoms with van der Waals surface area (Å²) in [6, 6.07) is 20.9. The molecule has 2 amide bonds. The summed E-state index contributed by atoms with van der Waals surface area (Å²) in [5, 5.41) is 2.93. The van der Waals surface area contributed by atoms with E-state index < -0.39 is 11.8 Å². The van der Waals surface area contributed by atoms with Crippen LogP contribution in [-0.2, 0) is 4.79 Å². The molecule has 8 nitrogen and oxygen atoms in total. The van der Waals surface area contributed by atoms with Crippen LogP contribution in [0.3, 0.4) is 0 Å². The van der Waals surface area contributed by atoms with E-state index >= 15 is 0 Å². The predicted molar refractivity (Wildman–Crippen MR) is 140 cm³/mol. The number of amides is 2. The Morgan fingerprint density at radius 1 is 0.857 bits per heavy atom. The number of hydrazine groups is 1. The number of hydrogen-bond donors (Lipinski definition) is 3. The van der Waals surface area contributed by atoms with Gasteiger partial charge in [0.25, 0.3) is 11.8 Å². The lowest BCUT2D eigenvalue weighted by Gasteiger charge is -2.12. The van der Waals surface area contributed by atoms with Gasteiger partial charge < -0.3 is 14.2 Å². The molecule has 0 atom stereocenters. The van der Waals surface area contributed by atoms with Crippen LogP contribution >= 0.6 is 39.7 Å². The summed E-state index contributed by atoms with van der Waals surface area (Å²) in [5.74, 6) is 0.739. The normalized spacial score (nSPS) is 10.1. The third kappa shape index (κ3) is 9.08. The highest BCUT2D eigenvalue weighted by Gasteiger charge is 2.11. The SMILES string of the molecule is O=C(COc1ccc(Cl)cc1Br)NNC(=S)NC(=O)c1cccc(OCCOc2ccccc2)c1. The van der Waals surface area contributed by atoms with Crippen LogP contribution < -0.4 is 30.4 Å². The number of para-hydroxylation sites is 1. The Balaban J connectivity index is 1.38. The van der Waals surface area contributed by atoms with Crippen molar-refractivity contribution in [3.8, 4) is 17.2 Å². The quantitative estimate of drug-likeness (QED) is 0.198. The van der Waals surface area contributed by atoms with Gasteiger partial charge in [0.1, 0.15) is 30.5 Å². The smallest absolute Gasteiger partial charge is 0.276 e. The van der Waals surface area contributed by atoms with E-state index in [0.717, 1.165) is 5.75 Å². The van der Waals surface area contributed by atoms with Crippen LogP contribution in [-0.4, -0.2) is 36.7 Å². The second-order valence-corrected chi connectivity index (χ2v) is 8.56. The zero-order valence-corrected chi connectivity index (χ0v) is 21.4. The topological polar surface area (TPSA) is 97.9 Å². The van der Waals surface area contributed by atoms with Crippen LogP contribution in [0.1, 0.15) is 10.4 Å². The zero-order chi connectivity index (χ0) is 25.0. The van der Waals surface area contributed by atoms with Crippen molar-refractivity contribution in [1.29, 1.82) is 0 Å². The lowest BCUT2D eigenvalue weighted by atomic mass is 10.2. The van der Waals surface area contributed by atoms with Gasteiger partial charge in [-0.05, 0) is 76.7 Å². The standard InChI is InChI=1S/C24H21BrClN3O5S/c25-20-14-17(26)9-10-21(20)34-15-22(30)28-29-24(35)27-23(31)16-5-4-8-19(13-16)33-12-11-32-18-6-2-1-3-7-18/h1-10,13-14H,11-12,15H2,(H,28,30)(H2,27,29,31,35). The molecule has 0 heterocycles. The Kier molecular flexibility index (Phi) is 10.1. The monoisotopic (exact) mass is 577 g/mol. The van der Waals surface area contributed by atoms with Gasteiger partial charge in [0.2, 0.25) is 0 Å². The number of ether oxygens (including phenoxy) is 3. The zero-order valence-electron chi connectivity index (χ0n) is 18.3. The number of rotatable bonds is 9. The van der Waals surface area contributed by atoms with Crippen molar-refractivity contribution >= 4 is 56.7 Å². The maximum absolute atomic E-state index is 12.5. The molecule has 0 saturated heterocycles. The first-order valence-electron chi connectivity index (χ1n) is 10.3. The molecule has 0 fully saturated rings. The van der Waals surface area contributed by atoms with Crippen LogP contribution in [0, 0.1) is 0 Å². The number of carbonyl (C=O) groups excluding carboxylic acids is 2. The van der Waals surface area contributed by atoms with Gasteiger partial charge in [-0.1, -0.05) is 35.9 Å². The van der Waals surface area contributed by atoms with E-state index in [2.05, 4.69) is 32.1 Å². The second kappa shape index (κ2) is 13.5. The maximum atomic E-state index is 12.5. The number of benzene rings is 3. The van der Waals surface area contributed by atoms with Crippen LogP contribution in [0.25, 0.3) is 0 Å². The minimum Gasteiger partial charge on any atom is -0.490 e. The molecule has 3 aromatic carbocycles. The van der Waals surface area contributed by atoms with E-state index in [1.165, 1.54) is 0 Å². The van der Waals surface area contributed by atoms with E-state index in [0.29, 0.717) is 39.8 Å². The molecule has 0 aliphatic rings. The minimum atomic E-state index is -0.503. The second-order valence-electron chi connectivity index (χ2n) is 6.86. The van der Waals surface area contributed by atoms with Crippen LogP contribution in [0.2, 0.25) is 5.02 Å². The minimum absolute atomic E-state index is 0.0846.